The molecule has 2 aromatic carbocycles. The van der Waals surface area contributed by atoms with Gasteiger partial charge in [0.2, 0.25) is 0 Å². The van der Waals surface area contributed by atoms with Gasteiger partial charge in [0.25, 0.3) is 0 Å². The highest BCUT2D eigenvalue weighted by molar-refractivity contribution is 5.69. The molecule has 0 fully saturated rings. The molecule has 5 heteroatoms. The Morgan fingerprint density at radius 2 is 1.59 bits per heavy atom. The molecular formula is C27H37NO4. The molecule has 0 saturated heterocycles. The first kappa shape index (κ1) is 27.0. The Bertz CT molecular complexity index is 870. The summed E-state index contributed by atoms with van der Waals surface area (Å²) >= 11 is 0. The summed E-state index contributed by atoms with van der Waals surface area (Å²) in [6, 6.07) is 13.8. The zero-order valence-electron chi connectivity index (χ0n) is 20.2. The summed E-state index contributed by atoms with van der Waals surface area (Å²) in [7, 11) is 0. The van der Waals surface area contributed by atoms with Crippen LogP contribution in [0, 0.1) is 11.3 Å². The van der Waals surface area contributed by atoms with Gasteiger partial charge in [0.15, 0.2) is 0 Å². The number of rotatable bonds is 11. The lowest BCUT2D eigenvalue weighted by molar-refractivity contribution is -0.143. The molecule has 0 unspecified atom stereocenters. The Morgan fingerprint density at radius 3 is 2.19 bits per heavy atom. The smallest absolute Gasteiger partial charge is 0.306 e. The highest BCUT2D eigenvalue weighted by Gasteiger charge is 2.07. The van der Waals surface area contributed by atoms with E-state index in [9.17, 15) is 4.79 Å². The van der Waals surface area contributed by atoms with Gasteiger partial charge < -0.3 is 14.2 Å². The van der Waals surface area contributed by atoms with E-state index in [1.807, 2.05) is 45.0 Å². The molecule has 0 radical (unpaired) electrons. The molecule has 0 amide bonds. The topological polar surface area (TPSA) is 68.5 Å². The molecule has 2 aromatic rings. The van der Waals surface area contributed by atoms with Crippen molar-refractivity contribution in [2.75, 3.05) is 19.8 Å². The number of ether oxygens (including phenoxy) is 3. The summed E-state index contributed by atoms with van der Waals surface area (Å²) < 4.78 is 15.9. The van der Waals surface area contributed by atoms with Crippen molar-refractivity contribution < 1.29 is 19.0 Å². The molecule has 0 heterocycles. The second-order valence-electron chi connectivity index (χ2n) is 7.14. The Balaban J connectivity index is 0.000000330. The van der Waals surface area contributed by atoms with Crippen LogP contribution in [0.1, 0.15) is 69.7 Å². The maximum atomic E-state index is 11.3. The number of aryl methyl sites for hydroxylation is 3. The molecule has 0 saturated carbocycles. The summed E-state index contributed by atoms with van der Waals surface area (Å²) in [6.07, 6.45) is 4.14. The summed E-state index contributed by atoms with van der Waals surface area (Å²) in [5.41, 5.74) is 4.28. The lowest BCUT2D eigenvalue weighted by atomic mass is 10.0. The number of hydrogen-bond donors (Lipinski definition) is 0. The molecule has 0 aliphatic carbocycles. The Labute approximate surface area is 193 Å². The number of nitrogens with zero attached hydrogens (tertiary/aromatic N) is 1. The third-order valence-electron chi connectivity index (χ3n) is 4.78. The zero-order valence-corrected chi connectivity index (χ0v) is 20.2. The van der Waals surface area contributed by atoms with Gasteiger partial charge in [-0.2, -0.15) is 5.26 Å². The van der Waals surface area contributed by atoms with Crippen molar-refractivity contribution in [2.24, 2.45) is 0 Å². The fraction of sp³-hybridized carbons (Fsp3) is 0.481. The maximum Gasteiger partial charge on any atom is 0.306 e. The van der Waals surface area contributed by atoms with Crippen molar-refractivity contribution in [3.63, 3.8) is 0 Å². The zero-order chi connectivity index (χ0) is 23.8. The van der Waals surface area contributed by atoms with E-state index in [1.165, 1.54) is 11.1 Å². The molecule has 0 aliphatic rings. The van der Waals surface area contributed by atoms with Crippen LogP contribution in [0.15, 0.2) is 36.4 Å². The van der Waals surface area contributed by atoms with Crippen LogP contribution in [0.4, 0.5) is 0 Å². The van der Waals surface area contributed by atoms with Gasteiger partial charge >= 0.3 is 5.97 Å². The van der Waals surface area contributed by atoms with Gasteiger partial charge in [-0.25, -0.2) is 0 Å². The van der Waals surface area contributed by atoms with E-state index in [-0.39, 0.29) is 5.97 Å². The molecule has 0 bridgehead atoms. The molecule has 32 heavy (non-hydrogen) atoms. The van der Waals surface area contributed by atoms with E-state index < -0.39 is 0 Å². The molecule has 0 aliphatic heterocycles. The highest BCUT2D eigenvalue weighted by atomic mass is 16.5. The fourth-order valence-electron chi connectivity index (χ4n) is 3.31. The molecule has 174 valence electrons. The van der Waals surface area contributed by atoms with E-state index in [4.69, 9.17) is 19.5 Å². The molecule has 0 spiro atoms. The van der Waals surface area contributed by atoms with E-state index in [1.54, 1.807) is 6.07 Å². The fourth-order valence-corrected chi connectivity index (χ4v) is 3.31. The largest absolute Gasteiger partial charge is 0.494 e. The van der Waals surface area contributed by atoms with Crippen LogP contribution in [0.25, 0.3) is 0 Å². The van der Waals surface area contributed by atoms with Crippen LogP contribution < -0.4 is 9.47 Å². The van der Waals surface area contributed by atoms with E-state index in [2.05, 4.69) is 26.0 Å². The predicted molar refractivity (Wildman–Crippen MR) is 128 cm³/mol. The maximum absolute atomic E-state index is 11.3. The van der Waals surface area contributed by atoms with Crippen molar-refractivity contribution in [3.8, 4) is 17.6 Å². The monoisotopic (exact) mass is 439 g/mol. The Hall–Kier alpha value is -3.00. The molecule has 0 aromatic heterocycles. The van der Waals surface area contributed by atoms with Crippen molar-refractivity contribution >= 4 is 5.97 Å². The molecule has 0 atom stereocenters. The van der Waals surface area contributed by atoms with E-state index >= 15 is 0 Å². The number of nitriles is 1. The van der Waals surface area contributed by atoms with Crippen LogP contribution in [0.3, 0.4) is 0 Å². The van der Waals surface area contributed by atoms with Gasteiger partial charge in [0.05, 0.1) is 31.5 Å². The van der Waals surface area contributed by atoms with Gasteiger partial charge in [-0.3, -0.25) is 4.79 Å². The highest BCUT2D eigenvalue weighted by Crippen LogP contribution is 2.22. The SMILES string of the molecule is CCCc1cc(C#N)ccc1OCC.CCOC(=O)CCc1ccc(OCC)cc1CC. The lowest BCUT2D eigenvalue weighted by Gasteiger charge is -2.10. The first-order chi connectivity index (χ1) is 15.5. The van der Waals surface area contributed by atoms with Gasteiger partial charge in [0, 0.05) is 6.42 Å². The quantitative estimate of drug-likeness (QED) is 0.399. The van der Waals surface area contributed by atoms with Crippen LogP contribution in [0.5, 0.6) is 11.5 Å². The normalized spacial score (nSPS) is 9.88. The summed E-state index contributed by atoms with van der Waals surface area (Å²) in [5, 5.41) is 8.76. The predicted octanol–water partition coefficient (Wildman–Crippen LogP) is 6.05. The molecule has 5 nitrogen and oxygen atoms in total. The minimum atomic E-state index is -0.131. The van der Waals surface area contributed by atoms with Gasteiger partial charge in [-0.05, 0) is 87.1 Å². The third-order valence-corrected chi connectivity index (χ3v) is 4.78. The number of hydrogen-bond acceptors (Lipinski definition) is 5. The number of carbonyl (C=O) groups is 1. The van der Waals surface area contributed by atoms with Crippen molar-refractivity contribution in [3.05, 3.63) is 58.7 Å². The standard InChI is InChI=1S/C15H22O3.C12H15NO/c1-4-12-11-14(17-5-2)9-7-13(12)8-10-15(16)18-6-3;1-3-5-11-8-10(9-13)6-7-12(11)14-4-2/h7,9,11H,4-6,8,10H2,1-3H3;6-8H,3-5H2,1-2H3. The summed E-state index contributed by atoms with van der Waals surface area (Å²) in [5.74, 6) is 1.68. The van der Waals surface area contributed by atoms with Crippen molar-refractivity contribution in [2.45, 2.75) is 66.7 Å². The number of esters is 1. The van der Waals surface area contributed by atoms with Gasteiger partial charge in [-0.15, -0.1) is 0 Å². The number of carbonyl (C=O) groups excluding carboxylic acids is 1. The second kappa shape index (κ2) is 15.8. The van der Waals surface area contributed by atoms with Crippen LogP contribution >= 0.6 is 0 Å². The summed E-state index contributed by atoms with van der Waals surface area (Å²) in [4.78, 5) is 11.3. The average Bonchev–Trinajstić information content (AvgIpc) is 2.80. The second-order valence-corrected chi connectivity index (χ2v) is 7.14. The van der Waals surface area contributed by atoms with Gasteiger partial charge in [-0.1, -0.05) is 26.3 Å². The van der Waals surface area contributed by atoms with E-state index in [0.29, 0.717) is 31.8 Å². The Morgan fingerprint density at radius 1 is 0.844 bits per heavy atom. The van der Waals surface area contributed by atoms with Crippen LogP contribution in [0.2, 0.25) is 0 Å². The third kappa shape index (κ3) is 9.43. The first-order valence-electron chi connectivity index (χ1n) is 11.6. The van der Waals surface area contributed by atoms with Crippen molar-refractivity contribution in [1.29, 1.82) is 5.26 Å². The van der Waals surface area contributed by atoms with Gasteiger partial charge in [0.1, 0.15) is 11.5 Å². The van der Waals surface area contributed by atoms with E-state index in [0.717, 1.165) is 42.7 Å². The molecular weight excluding hydrogens is 402 g/mol. The lowest BCUT2D eigenvalue weighted by Crippen LogP contribution is -2.06. The minimum Gasteiger partial charge on any atom is -0.494 e. The molecule has 0 N–H and O–H groups in total. The average molecular weight is 440 g/mol. The molecule has 2 rings (SSSR count). The first-order valence-corrected chi connectivity index (χ1v) is 11.6. The Kier molecular flexibility index (Phi) is 13.3. The van der Waals surface area contributed by atoms with Crippen LogP contribution in [-0.4, -0.2) is 25.8 Å². The number of benzene rings is 2. The van der Waals surface area contributed by atoms with Crippen molar-refractivity contribution in [1.82, 2.24) is 0 Å². The minimum absolute atomic E-state index is 0.131. The van der Waals surface area contributed by atoms with Crippen LogP contribution in [-0.2, 0) is 28.8 Å². The summed E-state index contributed by atoms with van der Waals surface area (Å²) in [6.45, 7) is 11.8.